The number of hydrogen-bond donors (Lipinski definition) is 2. The SMILES string of the molecule is CC(C)Nc1nc2c(c(NCc3ccccc3C#N)n1)CC=C2. The Balaban J connectivity index is 1.85. The summed E-state index contributed by atoms with van der Waals surface area (Å²) in [5.74, 6) is 1.46. The monoisotopic (exact) mass is 305 g/mol. The second-order valence-corrected chi connectivity index (χ2v) is 5.79. The minimum absolute atomic E-state index is 0.269. The van der Waals surface area contributed by atoms with Gasteiger partial charge in [0.25, 0.3) is 0 Å². The average molecular weight is 305 g/mol. The van der Waals surface area contributed by atoms with Gasteiger partial charge in [0.1, 0.15) is 5.82 Å². The number of allylic oxidation sites excluding steroid dienone is 1. The molecule has 1 aliphatic rings. The Labute approximate surface area is 136 Å². The Hall–Kier alpha value is -2.87. The van der Waals surface area contributed by atoms with Gasteiger partial charge in [-0.05, 0) is 38.0 Å². The third-order valence-electron chi connectivity index (χ3n) is 3.64. The summed E-state index contributed by atoms with van der Waals surface area (Å²) in [6, 6.07) is 10.1. The van der Waals surface area contributed by atoms with E-state index in [9.17, 15) is 5.26 Å². The summed E-state index contributed by atoms with van der Waals surface area (Å²) < 4.78 is 0. The molecule has 23 heavy (non-hydrogen) atoms. The van der Waals surface area contributed by atoms with E-state index >= 15 is 0 Å². The highest BCUT2D eigenvalue weighted by Gasteiger charge is 2.16. The van der Waals surface area contributed by atoms with Gasteiger partial charge in [0.15, 0.2) is 0 Å². The zero-order chi connectivity index (χ0) is 16.2. The van der Waals surface area contributed by atoms with E-state index in [-0.39, 0.29) is 6.04 Å². The van der Waals surface area contributed by atoms with Crippen molar-refractivity contribution >= 4 is 17.8 Å². The molecule has 2 N–H and O–H groups in total. The van der Waals surface area contributed by atoms with Gasteiger partial charge in [-0.25, -0.2) is 4.98 Å². The quantitative estimate of drug-likeness (QED) is 0.886. The van der Waals surface area contributed by atoms with Crippen molar-refractivity contribution in [1.82, 2.24) is 9.97 Å². The van der Waals surface area contributed by atoms with Crippen LogP contribution in [0.5, 0.6) is 0 Å². The summed E-state index contributed by atoms with van der Waals surface area (Å²) >= 11 is 0. The molecule has 0 radical (unpaired) electrons. The summed E-state index contributed by atoms with van der Waals surface area (Å²) in [5.41, 5.74) is 3.71. The fourth-order valence-electron chi connectivity index (χ4n) is 2.56. The van der Waals surface area contributed by atoms with E-state index in [1.54, 1.807) is 0 Å². The molecule has 3 rings (SSSR count). The Morgan fingerprint density at radius 2 is 2.09 bits per heavy atom. The van der Waals surface area contributed by atoms with Crippen molar-refractivity contribution in [3.05, 3.63) is 52.7 Å². The number of fused-ring (bicyclic) bond motifs is 1. The second kappa shape index (κ2) is 6.49. The van der Waals surface area contributed by atoms with E-state index < -0.39 is 0 Å². The highest BCUT2D eigenvalue weighted by Crippen LogP contribution is 2.26. The van der Waals surface area contributed by atoms with Crippen molar-refractivity contribution < 1.29 is 0 Å². The number of hydrogen-bond acceptors (Lipinski definition) is 5. The van der Waals surface area contributed by atoms with Gasteiger partial charge < -0.3 is 10.6 Å². The third kappa shape index (κ3) is 3.32. The van der Waals surface area contributed by atoms with Crippen molar-refractivity contribution in [2.24, 2.45) is 0 Å². The first kappa shape index (κ1) is 15.0. The number of rotatable bonds is 5. The molecule has 0 unspecified atom stereocenters. The van der Waals surface area contributed by atoms with Gasteiger partial charge in [0, 0.05) is 18.2 Å². The maximum absolute atomic E-state index is 9.19. The fourth-order valence-corrected chi connectivity index (χ4v) is 2.56. The lowest BCUT2D eigenvalue weighted by molar-refractivity contribution is 0.870. The predicted molar refractivity (Wildman–Crippen MR) is 92.0 cm³/mol. The maximum Gasteiger partial charge on any atom is 0.225 e. The smallest absolute Gasteiger partial charge is 0.225 e. The molecule has 5 heteroatoms. The Morgan fingerprint density at radius 1 is 1.26 bits per heavy atom. The first-order valence-corrected chi connectivity index (χ1v) is 7.73. The lowest BCUT2D eigenvalue weighted by atomic mass is 10.1. The van der Waals surface area contributed by atoms with Crippen LogP contribution in [0.3, 0.4) is 0 Å². The van der Waals surface area contributed by atoms with E-state index in [1.807, 2.05) is 30.3 Å². The highest BCUT2D eigenvalue weighted by atomic mass is 15.2. The number of anilines is 2. The van der Waals surface area contributed by atoms with Gasteiger partial charge in [-0.3, -0.25) is 0 Å². The zero-order valence-corrected chi connectivity index (χ0v) is 13.3. The van der Waals surface area contributed by atoms with E-state index in [0.717, 1.165) is 29.1 Å². The number of benzene rings is 1. The predicted octanol–water partition coefficient (Wildman–Crippen LogP) is 3.35. The molecule has 1 aromatic carbocycles. The van der Waals surface area contributed by atoms with Gasteiger partial charge in [0.2, 0.25) is 5.95 Å². The molecule has 1 aliphatic carbocycles. The topological polar surface area (TPSA) is 73.6 Å². The summed E-state index contributed by atoms with van der Waals surface area (Å²) in [7, 11) is 0. The highest BCUT2D eigenvalue weighted by molar-refractivity contribution is 5.66. The van der Waals surface area contributed by atoms with Crippen molar-refractivity contribution in [2.75, 3.05) is 10.6 Å². The Kier molecular flexibility index (Phi) is 4.24. The number of nitriles is 1. The van der Waals surface area contributed by atoms with Gasteiger partial charge in [-0.2, -0.15) is 10.2 Å². The normalized spacial score (nSPS) is 12.1. The Bertz CT molecular complexity index is 786. The Morgan fingerprint density at radius 3 is 2.87 bits per heavy atom. The van der Waals surface area contributed by atoms with Gasteiger partial charge in [-0.1, -0.05) is 24.3 Å². The molecule has 1 heterocycles. The molecule has 0 fully saturated rings. The third-order valence-corrected chi connectivity index (χ3v) is 3.64. The van der Waals surface area contributed by atoms with Crippen LogP contribution in [0.25, 0.3) is 6.08 Å². The first-order chi connectivity index (χ1) is 11.2. The van der Waals surface area contributed by atoms with Crippen molar-refractivity contribution in [2.45, 2.75) is 32.9 Å². The molecule has 0 saturated heterocycles. The lowest BCUT2D eigenvalue weighted by Crippen LogP contribution is -2.15. The van der Waals surface area contributed by atoms with Crippen molar-refractivity contribution in [3.63, 3.8) is 0 Å². The molecule has 1 aromatic heterocycles. The molecule has 0 saturated carbocycles. The summed E-state index contributed by atoms with van der Waals surface area (Å²) in [6.45, 7) is 4.68. The fraction of sp³-hybridized carbons (Fsp3) is 0.278. The van der Waals surface area contributed by atoms with Gasteiger partial charge in [0.05, 0.1) is 17.3 Å². The van der Waals surface area contributed by atoms with E-state index in [4.69, 9.17) is 0 Å². The van der Waals surface area contributed by atoms with Crippen LogP contribution in [0.15, 0.2) is 30.3 Å². The summed E-state index contributed by atoms with van der Waals surface area (Å²) in [6.07, 6.45) is 4.95. The van der Waals surface area contributed by atoms with Crippen molar-refractivity contribution in [3.8, 4) is 6.07 Å². The van der Waals surface area contributed by atoms with Crippen LogP contribution in [0.2, 0.25) is 0 Å². The van der Waals surface area contributed by atoms with Crippen molar-refractivity contribution in [1.29, 1.82) is 5.26 Å². The molecular weight excluding hydrogens is 286 g/mol. The van der Waals surface area contributed by atoms with Crippen LogP contribution in [0, 0.1) is 11.3 Å². The average Bonchev–Trinajstić information content (AvgIpc) is 3.00. The molecule has 0 spiro atoms. The van der Waals surface area contributed by atoms with Crippen LogP contribution in [-0.4, -0.2) is 16.0 Å². The van der Waals surface area contributed by atoms with Crippen LogP contribution in [0.4, 0.5) is 11.8 Å². The summed E-state index contributed by atoms with van der Waals surface area (Å²) in [4.78, 5) is 9.14. The van der Waals surface area contributed by atoms with Gasteiger partial charge in [-0.15, -0.1) is 0 Å². The van der Waals surface area contributed by atoms with Crippen LogP contribution >= 0.6 is 0 Å². The summed E-state index contributed by atoms with van der Waals surface area (Å²) in [5, 5.41) is 15.8. The minimum Gasteiger partial charge on any atom is -0.366 e. The molecule has 5 nitrogen and oxygen atoms in total. The molecule has 0 aliphatic heterocycles. The molecule has 0 bridgehead atoms. The largest absolute Gasteiger partial charge is 0.366 e. The molecular formula is C18H19N5. The second-order valence-electron chi connectivity index (χ2n) is 5.79. The van der Waals surface area contributed by atoms with E-state index in [1.165, 1.54) is 0 Å². The van der Waals surface area contributed by atoms with Crippen LogP contribution < -0.4 is 10.6 Å². The molecule has 2 aromatic rings. The number of nitrogens with zero attached hydrogens (tertiary/aromatic N) is 3. The molecule has 116 valence electrons. The number of nitrogens with one attached hydrogen (secondary N) is 2. The van der Waals surface area contributed by atoms with E-state index in [2.05, 4.69) is 46.6 Å². The zero-order valence-electron chi connectivity index (χ0n) is 13.3. The lowest BCUT2D eigenvalue weighted by Gasteiger charge is -2.14. The van der Waals surface area contributed by atoms with Gasteiger partial charge >= 0.3 is 0 Å². The van der Waals surface area contributed by atoms with Crippen LogP contribution in [-0.2, 0) is 13.0 Å². The maximum atomic E-state index is 9.19. The molecule has 0 atom stereocenters. The standard InChI is InChI=1S/C18H19N5/c1-12(2)21-18-22-16-9-5-8-15(16)17(23-18)20-11-14-7-4-3-6-13(14)10-19/h3-7,9,12H,8,11H2,1-2H3,(H2,20,21,22,23). The number of aromatic nitrogens is 2. The molecule has 0 amide bonds. The first-order valence-electron chi connectivity index (χ1n) is 7.73. The minimum atomic E-state index is 0.269. The van der Waals surface area contributed by atoms with Crippen LogP contribution in [0.1, 0.15) is 36.2 Å². The van der Waals surface area contributed by atoms with E-state index in [0.29, 0.717) is 18.1 Å².